The van der Waals surface area contributed by atoms with Gasteiger partial charge in [-0.05, 0) is 102 Å². The molecule has 6 atom stereocenters. The lowest BCUT2D eigenvalue weighted by molar-refractivity contribution is -0.139. The number of rotatable bonds is 7. The van der Waals surface area contributed by atoms with Crippen LogP contribution < -0.4 is 27.4 Å². The molecule has 0 bridgehead atoms. The molecule has 5 aliphatic heterocycles. The molecule has 0 aromatic carbocycles. The van der Waals surface area contributed by atoms with Crippen LogP contribution in [0.5, 0.6) is 0 Å². The van der Waals surface area contributed by atoms with Crippen LogP contribution in [0.2, 0.25) is 0 Å². The van der Waals surface area contributed by atoms with Crippen LogP contribution in [0, 0.1) is 17.3 Å². The molecule has 0 aromatic rings. The maximum atomic E-state index is 15.7. The van der Waals surface area contributed by atoms with E-state index in [1.165, 1.54) is 19.5 Å². The van der Waals surface area contributed by atoms with Gasteiger partial charge in [0.25, 0.3) is 0 Å². The minimum Gasteiger partial charge on any atom is -0.350 e. The zero-order chi connectivity index (χ0) is 32.3. The fraction of sp³-hybridized carbons (Fsp3) is 0.941. The quantitative estimate of drug-likeness (QED) is 0.262. The third kappa shape index (κ3) is 7.88. The Bertz CT molecular complexity index is 1010. The molecule has 6 aliphatic rings. The Morgan fingerprint density at radius 3 is 2.15 bits per heavy atom. The number of alkyl halides is 2. The molecule has 2 amide bonds. The Balaban J connectivity index is 1.07. The summed E-state index contributed by atoms with van der Waals surface area (Å²) in [5, 5.41) is 9.70. The summed E-state index contributed by atoms with van der Waals surface area (Å²) in [5.74, 6) is -0.808. The number of nitrogens with zero attached hydrogens (tertiary/aromatic N) is 3. The number of amides is 2. The van der Waals surface area contributed by atoms with Crippen molar-refractivity contribution in [1.82, 2.24) is 30.7 Å². The van der Waals surface area contributed by atoms with E-state index in [0.717, 1.165) is 70.9 Å². The Morgan fingerprint density at radius 1 is 0.804 bits per heavy atom. The van der Waals surface area contributed by atoms with Crippen molar-refractivity contribution in [2.75, 3.05) is 58.9 Å². The highest BCUT2D eigenvalue weighted by molar-refractivity contribution is 5.80. The Labute approximate surface area is 274 Å². The molecule has 6 fully saturated rings. The molecule has 1 spiro atoms. The van der Waals surface area contributed by atoms with Crippen LogP contribution in [0.15, 0.2) is 0 Å². The van der Waals surface area contributed by atoms with Gasteiger partial charge in [-0.3, -0.25) is 14.5 Å². The second-order valence-corrected chi connectivity index (χ2v) is 15.6. The smallest absolute Gasteiger partial charge is 0.227 e. The van der Waals surface area contributed by atoms with Gasteiger partial charge in [-0.1, -0.05) is 12.8 Å². The molecule has 0 radical (unpaired) electrons. The summed E-state index contributed by atoms with van der Waals surface area (Å²) in [6.07, 6.45) is 9.35. The van der Waals surface area contributed by atoms with Crippen LogP contribution in [0.1, 0.15) is 83.5 Å². The third-order valence-corrected chi connectivity index (χ3v) is 12.6. The normalized spacial score (nSPS) is 34.9. The number of hydrogen-bond donors (Lipinski definition) is 5. The van der Waals surface area contributed by atoms with Gasteiger partial charge in [-0.15, -0.1) is 0 Å². The second kappa shape index (κ2) is 15.4. The number of carbonyl (C=O) groups excluding carboxylic acids is 2. The van der Waals surface area contributed by atoms with E-state index in [-0.39, 0.29) is 42.3 Å². The zero-order valence-corrected chi connectivity index (χ0v) is 27.8. The van der Waals surface area contributed by atoms with Crippen molar-refractivity contribution in [3.8, 4) is 0 Å². The number of halogens is 2. The van der Waals surface area contributed by atoms with E-state index >= 15 is 4.39 Å². The Morgan fingerprint density at radius 2 is 1.50 bits per heavy atom. The maximum Gasteiger partial charge on any atom is 0.227 e. The predicted octanol–water partition coefficient (Wildman–Crippen LogP) is 1.48. The molecular weight excluding hydrogens is 590 g/mol. The van der Waals surface area contributed by atoms with E-state index in [0.29, 0.717) is 44.9 Å². The first kappa shape index (κ1) is 34.4. The first-order valence-corrected chi connectivity index (χ1v) is 18.5. The third-order valence-electron chi connectivity index (χ3n) is 12.6. The van der Waals surface area contributed by atoms with Crippen molar-refractivity contribution in [1.29, 1.82) is 0 Å². The number of likely N-dealkylation sites (tertiary alicyclic amines) is 3. The zero-order valence-electron chi connectivity index (χ0n) is 27.8. The van der Waals surface area contributed by atoms with E-state index in [9.17, 15) is 14.0 Å². The molecule has 46 heavy (non-hydrogen) atoms. The lowest BCUT2D eigenvalue weighted by Gasteiger charge is -2.46. The second-order valence-electron chi connectivity index (χ2n) is 15.6. The highest BCUT2D eigenvalue weighted by Gasteiger charge is 2.45. The van der Waals surface area contributed by atoms with Crippen molar-refractivity contribution in [3.05, 3.63) is 0 Å². The van der Waals surface area contributed by atoms with Crippen LogP contribution in [0.4, 0.5) is 8.78 Å². The van der Waals surface area contributed by atoms with E-state index in [1.807, 2.05) is 0 Å². The van der Waals surface area contributed by atoms with Gasteiger partial charge in [-0.2, -0.15) is 0 Å². The van der Waals surface area contributed by atoms with Gasteiger partial charge in [0.2, 0.25) is 11.8 Å². The predicted molar refractivity (Wildman–Crippen MR) is 175 cm³/mol. The molecule has 10 nitrogen and oxygen atoms in total. The Hall–Kier alpha value is -1.44. The first-order valence-electron chi connectivity index (χ1n) is 18.5. The summed E-state index contributed by atoms with van der Waals surface area (Å²) < 4.78 is 30.4. The molecule has 1 aliphatic carbocycles. The molecule has 0 aromatic heterocycles. The van der Waals surface area contributed by atoms with E-state index < -0.39 is 36.5 Å². The van der Waals surface area contributed by atoms with Crippen LogP contribution >= 0.6 is 0 Å². The minimum absolute atomic E-state index is 0.0269. The van der Waals surface area contributed by atoms with E-state index in [1.54, 1.807) is 0 Å². The number of piperidine rings is 3. The van der Waals surface area contributed by atoms with Crippen molar-refractivity contribution >= 4 is 11.8 Å². The fourth-order valence-corrected chi connectivity index (χ4v) is 9.81. The summed E-state index contributed by atoms with van der Waals surface area (Å²) in [4.78, 5) is 34.2. The number of nitrogens with two attached hydrogens (primary N) is 2. The SMILES string of the molecule is NC(N)C(C(=O)NC1CNCC(F)C1N1CCC(C(=O)N2CCC(N3CCC3)CC2)CC1)C1CC2(CCCC2)CCCC(F)CN1. The average molecular weight is 651 g/mol. The van der Waals surface area contributed by atoms with E-state index in [2.05, 4.69) is 30.7 Å². The van der Waals surface area contributed by atoms with Gasteiger partial charge < -0.3 is 37.2 Å². The highest BCUT2D eigenvalue weighted by Crippen LogP contribution is 2.47. The topological polar surface area (TPSA) is 132 Å². The lowest BCUT2D eigenvalue weighted by atomic mass is 9.73. The first-order chi connectivity index (χ1) is 22.2. The van der Waals surface area contributed by atoms with E-state index in [4.69, 9.17) is 11.5 Å². The lowest BCUT2D eigenvalue weighted by Crippen LogP contribution is -2.68. The van der Waals surface area contributed by atoms with Gasteiger partial charge in [0, 0.05) is 50.7 Å². The largest absolute Gasteiger partial charge is 0.350 e. The van der Waals surface area contributed by atoms with Crippen molar-refractivity contribution < 1.29 is 18.4 Å². The fourth-order valence-electron chi connectivity index (χ4n) is 9.81. The van der Waals surface area contributed by atoms with Gasteiger partial charge in [0.15, 0.2) is 0 Å². The van der Waals surface area contributed by atoms with Crippen LogP contribution in [-0.2, 0) is 9.59 Å². The average Bonchev–Trinajstić information content (AvgIpc) is 3.49. The van der Waals surface area contributed by atoms with Gasteiger partial charge in [-0.25, -0.2) is 8.78 Å². The monoisotopic (exact) mass is 650 g/mol. The van der Waals surface area contributed by atoms with Crippen molar-refractivity contribution in [2.24, 2.45) is 28.7 Å². The molecule has 12 heteroatoms. The van der Waals surface area contributed by atoms with Gasteiger partial charge >= 0.3 is 0 Å². The Kier molecular flexibility index (Phi) is 11.5. The summed E-state index contributed by atoms with van der Waals surface area (Å²) in [6.45, 7) is 6.18. The molecule has 5 heterocycles. The standard InChI is InChI=1S/C34H60F2N8O2/c35-24-5-3-12-34(10-1-2-11-34)19-27(40-20-24)29(31(37)38)32(45)41-28-22-39-21-26(36)30(28)43-15-6-23(7-16-43)33(46)44-17-8-25(9-18-44)42-13-4-14-42/h23-31,39-40H,1-22,37-38H2,(H,41,45). The minimum atomic E-state index is -1.16. The molecule has 5 saturated heterocycles. The summed E-state index contributed by atoms with van der Waals surface area (Å²) in [7, 11) is 0. The summed E-state index contributed by atoms with van der Waals surface area (Å²) in [6, 6.07) is -0.675. The van der Waals surface area contributed by atoms with Crippen LogP contribution in [0.25, 0.3) is 0 Å². The van der Waals surface area contributed by atoms with Crippen molar-refractivity contribution in [2.45, 2.75) is 126 Å². The molecule has 6 unspecified atom stereocenters. The number of nitrogens with one attached hydrogen (secondary N) is 3. The molecule has 1 saturated carbocycles. The van der Waals surface area contributed by atoms with Gasteiger partial charge in [0.1, 0.15) is 12.3 Å². The summed E-state index contributed by atoms with van der Waals surface area (Å²) in [5.41, 5.74) is 12.7. The van der Waals surface area contributed by atoms with Crippen LogP contribution in [-0.4, -0.2) is 128 Å². The van der Waals surface area contributed by atoms with Crippen molar-refractivity contribution in [3.63, 3.8) is 0 Å². The number of hydrogen-bond acceptors (Lipinski definition) is 8. The molecule has 6 rings (SSSR count). The van der Waals surface area contributed by atoms with Gasteiger partial charge in [0.05, 0.1) is 24.2 Å². The highest BCUT2D eigenvalue weighted by atomic mass is 19.1. The molecule has 262 valence electrons. The number of carbonyl (C=O) groups is 2. The summed E-state index contributed by atoms with van der Waals surface area (Å²) >= 11 is 0. The maximum absolute atomic E-state index is 15.7. The molecular formula is C34H60F2N8O2. The van der Waals surface area contributed by atoms with Crippen LogP contribution in [0.3, 0.4) is 0 Å². The molecule has 7 N–H and O–H groups in total.